The van der Waals surface area contributed by atoms with Gasteiger partial charge in [0.25, 0.3) is 0 Å². The number of sulfonamides is 1. The van der Waals surface area contributed by atoms with E-state index in [9.17, 15) is 13.2 Å². The molecule has 5 N–H and O–H groups in total. The monoisotopic (exact) mass is 432 g/mol. The minimum atomic E-state index is -3.78. The first-order valence-electron chi connectivity index (χ1n) is 9.63. The first kappa shape index (κ1) is 23.4. The van der Waals surface area contributed by atoms with Crippen LogP contribution in [0.2, 0.25) is 0 Å². The lowest BCUT2D eigenvalue weighted by Gasteiger charge is -2.16. The number of unbranched alkanes of at least 4 members (excludes halogenated alkanes) is 1. The normalized spacial score (nSPS) is 12.2. The first-order chi connectivity index (χ1) is 14.3. The summed E-state index contributed by atoms with van der Waals surface area (Å²) in [6.45, 7) is 2.47. The van der Waals surface area contributed by atoms with Crippen LogP contribution in [0.5, 0.6) is 5.75 Å². The number of Topliss-reactive ketones (excluding diaryl/α,β-unsaturated/α-hetero) is 1. The van der Waals surface area contributed by atoms with Crippen molar-refractivity contribution in [3.63, 3.8) is 0 Å². The number of ether oxygens (including phenoxy) is 1. The fraction of sp³-hybridized carbons (Fsp3) is 0.333. The molecule has 0 saturated heterocycles. The predicted octanol–water partition coefficient (Wildman–Crippen LogP) is 1.60. The highest BCUT2D eigenvalue weighted by Gasteiger charge is 2.23. The Labute approximate surface area is 177 Å². The molecule has 0 aliphatic carbocycles. The van der Waals surface area contributed by atoms with Crippen molar-refractivity contribution in [2.24, 2.45) is 16.5 Å². The second-order valence-electron chi connectivity index (χ2n) is 6.81. The zero-order valence-corrected chi connectivity index (χ0v) is 17.8. The molecule has 1 unspecified atom stereocenters. The van der Waals surface area contributed by atoms with Gasteiger partial charge < -0.3 is 16.2 Å². The van der Waals surface area contributed by atoms with Crippen LogP contribution >= 0.6 is 0 Å². The minimum absolute atomic E-state index is 0.0847. The lowest BCUT2D eigenvalue weighted by atomic mass is 10.0. The van der Waals surface area contributed by atoms with Gasteiger partial charge in [0.15, 0.2) is 5.96 Å². The van der Waals surface area contributed by atoms with Crippen molar-refractivity contribution in [3.8, 4) is 5.75 Å². The van der Waals surface area contributed by atoms with Crippen LogP contribution in [0, 0.1) is 0 Å². The molecule has 30 heavy (non-hydrogen) atoms. The number of carbonyl (C=O) groups excluding carboxylic acids is 1. The molecular formula is C21H28N4O4S. The molecule has 0 bridgehead atoms. The average Bonchev–Trinajstić information content (AvgIpc) is 2.71. The molecule has 2 aromatic carbocycles. The van der Waals surface area contributed by atoms with Crippen molar-refractivity contribution < 1.29 is 17.9 Å². The number of nitrogens with two attached hydrogens (primary N) is 2. The number of nitrogens with zero attached hydrogens (tertiary/aromatic N) is 1. The minimum Gasteiger partial charge on any atom is -0.494 e. The van der Waals surface area contributed by atoms with Gasteiger partial charge in [-0.25, -0.2) is 13.1 Å². The summed E-state index contributed by atoms with van der Waals surface area (Å²) in [6.07, 6.45) is 1.88. The highest BCUT2D eigenvalue weighted by atomic mass is 32.2. The summed E-state index contributed by atoms with van der Waals surface area (Å²) >= 11 is 0. The molecule has 0 aliphatic rings. The van der Waals surface area contributed by atoms with Crippen molar-refractivity contribution in [2.75, 3.05) is 13.2 Å². The molecule has 0 aliphatic heterocycles. The predicted molar refractivity (Wildman–Crippen MR) is 117 cm³/mol. The van der Waals surface area contributed by atoms with Gasteiger partial charge in [-0.3, -0.25) is 9.79 Å². The number of guanidine groups is 1. The molecule has 0 saturated carbocycles. The van der Waals surface area contributed by atoms with Crippen LogP contribution in [0.25, 0.3) is 0 Å². The zero-order chi connectivity index (χ0) is 22.0. The Bertz CT molecular complexity index is 941. The molecule has 2 rings (SSSR count). The second-order valence-corrected chi connectivity index (χ2v) is 8.52. The maximum Gasteiger partial charge on any atom is 0.241 e. The third-order valence-corrected chi connectivity index (χ3v) is 5.81. The van der Waals surface area contributed by atoms with Crippen LogP contribution in [-0.2, 0) is 21.2 Å². The van der Waals surface area contributed by atoms with Gasteiger partial charge in [-0.2, -0.15) is 0 Å². The molecule has 8 nitrogen and oxygen atoms in total. The summed E-state index contributed by atoms with van der Waals surface area (Å²) in [5, 5.41) is 0. The third-order valence-electron chi connectivity index (χ3n) is 4.32. The number of rotatable bonds is 12. The fourth-order valence-electron chi connectivity index (χ4n) is 2.69. The van der Waals surface area contributed by atoms with Gasteiger partial charge in [0, 0.05) is 6.54 Å². The zero-order valence-electron chi connectivity index (χ0n) is 17.0. The Balaban J connectivity index is 1.90. The summed E-state index contributed by atoms with van der Waals surface area (Å²) in [5.74, 6) is 0.530. The number of benzene rings is 2. The van der Waals surface area contributed by atoms with E-state index in [1.54, 1.807) is 30.3 Å². The van der Waals surface area contributed by atoms with E-state index in [4.69, 9.17) is 16.2 Å². The van der Waals surface area contributed by atoms with Gasteiger partial charge in [0.2, 0.25) is 10.0 Å². The maximum atomic E-state index is 12.5. The molecule has 1 atom stereocenters. The molecule has 2 aromatic rings. The number of nitrogens with one attached hydrogen (secondary N) is 1. The number of hydrogen-bond acceptors (Lipinski definition) is 5. The lowest BCUT2D eigenvalue weighted by Crippen LogP contribution is -2.41. The molecule has 0 radical (unpaired) electrons. The molecule has 162 valence electrons. The molecule has 0 aromatic heterocycles. The van der Waals surface area contributed by atoms with E-state index < -0.39 is 16.1 Å². The highest BCUT2D eigenvalue weighted by Crippen LogP contribution is 2.16. The number of hydrogen-bond donors (Lipinski definition) is 3. The Morgan fingerprint density at radius 1 is 1.07 bits per heavy atom. The molecule has 0 spiro atoms. The van der Waals surface area contributed by atoms with E-state index in [0.29, 0.717) is 18.9 Å². The van der Waals surface area contributed by atoms with Crippen LogP contribution in [0.4, 0.5) is 0 Å². The van der Waals surface area contributed by atoms with Gasteiger partial charge in [0.05, 0.1) is 17.5 Å². The quantitative estimate of drug-likeness (QED) is 0.265. The Hall–Kier alpha value is -2.91. The van der Waals surface area contributed by atoms with Crippen molar-refractivity contribution in [3.05, 3.63) is 60.2 Å². The van der Waals surface area contributed by atoms with E-state index in [2.05, 4.69) is 9.71 Å². The van der Waals surface area contributed by atoms with Crippen LogP contribution < -0.4 is 20.9 Å². The molecule has 0 heterocycles. The van der Waals surface area contributed by atoms with Crippen molar-refractivity contribution in [2.45, 2.75) is 37.1 Å². The standard InChI is InChI=1S/C21H28N4O4S/c1-16(26)20(25-30(27,28)19-7-3-2-4-8-19)15-17-9-11-18(12-10-17)29-14-6-5-13-24-21(22)23/h2-4,7-12,20,25H,5-6,13-15H2,1H3,(H4,22,23,24). The largest absolute Gasteiger partial charge is 0.494 e. The Kier molecular flexibility index (Phi) is 8.82. The SMILES string of the molecule is CC(=O)C(Cc1ccc(OCCCCN=C(N)N)cc1)NS(=O)(=O)c1ccccc1. The van der Waals surface area contributed by atoms with E-state index in [1.165, 1.54) is 19.1 Å². The van der Waals surface area contributed by atoms with Crippen LogP contribution in [0.15, 0.2) is 64.5 Å². The lowest BCUT2D eigenvalue weighted by molar-refractivity contribution is -0.118. The molecule has 0 amide bonds. The van der Waals surface area contributed by atoms with E-state index in [1.807, 2.05) is 12.1 Å². The number of ketones is 1. The van der Waals surface area contributed by atoms with Crippen LogP contribution in [-0.4, -0.2) is 39.4 Å². The van der Waals surface area contributed by atoms with Crippen molar-refractivity contribution in [1.29, 1.82) is 0 Å². The van der Waals surface area contributed by atoms with Crippen LogP contribution in [0.1, 0.15) is 25.3 Å². The molecular weight excluding hydrogens is 404 g/mol. The topological polar surface area (TPSA) is 137 Å². The number of aliphatic imine (C=N–C) groups is 1. The summed E-state index contributed by atoms with van der Waals surface area (Å²) < 4.78 is 33.2. The summed E-state index contributed by atoms with van der Waals surface area (Å²) in [6, 6.07) is 14.4. The molecule has 9 heteroatoms. The van der Waals surface area contributed by atoms with Gasteiger partial charge in [-0.15, -0.1) is 0 Å². The van der Waals surface area contributed by atoms with E-state index in [0.717, 1.165) is 18.4 Å². The van der Waals surface area contributed by atoms with Gasteiger partial charge in [0.1, 0.15) is 11.5 Å². The fourth-order valence-corrected chi connectivity index (χ4v) is 3.97. The number of carbonyl (C=O) groups is 1. The van der Waals surface area contributed by atoms with Crippen LogP contribution in [0.3, 0.4) is 0 Å². The van der Waals surface area contributed by atoms with Crippen molar-refractivity contribution in [1.82, 2.24) is 4.72 Å². The summed E-state index contributed by atoms with van der Waals surface area (Å²) in [5.41, 5.74) is 11.4. The maximum absolute atomic E-state index is 12.5. The smallest absolute Gasteiger partial charge is 0.241 e. The Morgan fingerprint density at radius 2 is 1.73 bits per heavy atom. The second kappa shape index (κ2) is 11.3. The van der Waals surface area contributed by atoms with E-state index in [-0.39, 0.29) is 23.1 Å². The van der Waals surface area contributed by atoms with Crippen molar-refractivity contribution >= 4 is 21.8 Å². The van der Waals surface area contributed by atoms with Gasteiger partial charge in [-0.05, 0) is 56.0 Å². The molecule has 0 fully saturated rings. The Morgan fingerprint density at radius 3 is 2.33 bits per heavy atom. The third kappa shape index (κ3) is 7.84. The van der Waals surface area contributed by atoms with Gasteiger partial charge in [-0.1, -0.05) is 30.3 Å². The summed E-state index contributed by atoms with van der Waals surface area (Å²) in [4.78, 5) is 16.0. The van der Waals surface area contributed by atoms with E-state index >= 15 is 0 Å². The summed E-state index contributed by atoms with van der Waals surface area (Å²) in [7, 11) is -3.78. The highest BCUT2D eigenvalue weighted by molar-refractivity contribution is 7.89. The average molecular weight is 433 g/mol. The van der Waals surface area contributed by atoms with Gasteiger partial charge >= 0.3 is 0 Å². The first-order valence-corrected chi connectivity index (χ1v) is 11.1.